The van der Waals surface area contributed by atoms with E-state index in [2.05, 4.69) is 43.1 Å². The average Bonchev–Trinajstić information content (AvgIpc) is 2.87. The Morgan fingerprint density at radius 1 is 1.26 bits per heavy atom. The quantitative estimate of drug-likeness (QED) is 0.272. The molecule has 3 heterocycles. The Morgan fingerprint density at radius 2 is 2.00 bits per heavy atom. The molecule has 1 saturated carbocycles. The minimum Gasteiger partial charge on any atom is -0.478 e. The van der Waals surface area contributed by atoms with Crippen LogP contribution in [0.4, 0.5) is 17.5 Å². The summed E-state index contributed by atoms with van der Waals surface area (Å²) in [5.74, 6) is 1.02. The van der Waals surface area contributed by atoms with Crippen LogP contribution in [0.5, 0.6) is 5.75 Å². The molecule has 3 aromatic rings. The molecule has 1 amide bonds. The number of alkyl halides is 1. The Morgan fingerprint density at radius 3 is 2.68 bits per heavy atom. The first-order chi connectivity index (χ1) is 18.2. The predicted molar refractivity (Wildman–Crippen MR) is 159 cm³/mol. The van der Waals surface area contributed by atoms with Crippen molar-refractivity contribution in [3.8, 4) is 5.75 Å². The summed E-state index contributed by atoms with van der Waals surface area (Å²) in [6.07, 6.45) is 6.75. The zero-order chi connectivity index (χ0) is 27.0. The fraction of sp³-hybridized carbons (Fsp3) is 0.481. The number of carbonyl (C=O) groups excluding carboxylic acids is 1. The molecule has 0 radical (unpaired) electrons. The van der Waals surface area contributed by atoms with Crippen molar-refractivity contribution in [3.63, 3.8) is 0 Å². The standard InChI is InChI=1S/C27H32ClIN6O3/c1-16(2)35-21-5-4-19(10-17(21)11-22(25(35)37)38-13-23(36)30-3)32-24-20(28)12-31-26(33-24)34-14-27(15-34)8-6-18(29)7-9-27/h4-5,10-12,16,18H,6-9,13-15H2,1-3H3,(H,30,36)(H,31,32,33). The van der Waals surface area contributed by atoms with Crippen LogP contribution in [-0.4, -0.2) is 51.1 Å². The number of hydrogen-bond acceptors (Lipinski definition) is 7. The van der Waals surface area contributed by atoms with Gasteiger partial charge in [-0.15, -0.1) is 0 Å². The lowest BCUT2D eigenvalue weighted by Gasteiger charge is -2.53. The largest absolute Gasteiger partial charge is 0.478 e. The maximum atomic E-state index is 13.1. The zero-order valence-electron chi connectivity index (χ0n) is 21.8. The van der Waals surface area contributed by atoms with Gasteiger partial charge in [0.25, 0.3) is 11.5 Å². The number of pyridine rings is 1. The molecule has 9 nitrogen and oxygen atoms in total. The first-order valence-corrected chi connectivity index (χ1v) is 14.5. The highest BCUT2D eigenvalue weighted by Crippen LogP contribution is 2.46. The fourth-order valence-electron chi connectivity index (χ4n) is 5.38. The minimum absolute atomic E-state index is 0.0991. The van der Waals surface area contributed by atoms with Crippen LogP contribution in [0.15, 0.2) is 35.3 Å². The molecule has 1 aromatic carbocycles. The maximum Gasteiger partial charge on any atom is 0.293 e. The highest BCUT2D eigenvalue weighted by molar-refractivity contribution is 14.1. The third-order valence-electron chi connectivity index (χ3n) is 7.46. The summed E-state index contributed by atoms with van der Waals surface area (Å²) < 4.78 is 8.03. The van der Waals surface area contributed by atoms with Gasteiger partial charge < -0.3 is 24.8 Å². The number of halogens is 2. The van der Waals surface area contributed by atoms with Crippen molar-refractivity contribution in [1.82, 2.24) is 19.9 Å². The van der Waals surface area contributed by atoms with Crippen LogP contribution in [0, 0.1) is 5.41 Å². The minimum atomic E-state index is -0.309. The molecule has 1 saturated heterocycles. The van der Waals surface area contributed by atoms with Gasteiger partial charge in [0.15, 0.2) is 18.2 Å². The van der Waals surface area contributed by atoms with E-state index in [1.807, 2.05) is 32.0 Å². The van der Waals surface area contributed by atoms with E-state index >= 15 is 0 Å². The molecule has 1 spiro atoms. The molecular formula is C27H32ClIN6O3. The molecule has 0 bridgehead atoms. The summed E-state index contributed by atoms with van der Waals surface area (Å²) in [5.41, 5.74) is 1.65. The SMILES string of the molecule is CNC(=O)COc1cc2cc(Nc3nc(N4CC5(CCC(I)CC5)C4)ncc3Cl)ccc2n(C(C)C)c1=O. The molecule has 5 rings (SSSR count). The number of likely N-dealkylation sites (N-methyl/N-ethyl adjacent to an activating group) is 1. The summed E-state index contributed by atoms with van der Waals surface area (Å²) in [6, 6.07) is 7.27. The second-order valence-corrected chi connectivity index (χ2v) is 12.7. The number of hydrogen-bond donors (Lipinski definition) is 2. The van der Waals surface area contributed by atoms with Crippen LogP contribution >= 0.6 is 34.2 Å². The van der Waals surface area contributed by atoms with E-state index in [0.29, 0.717) is 22.2 Å². The molecular weight excluding hydrogens is 619 g/mol. The van der Waals surface area contributed by atoms with E-state index in [1.165, 1.54) is 32.7 Å². The Kier molecular flexibility index (Phi) is 7.72. The molecule has 38 heavy (non-hydrogen) atoms. The number of anilines is 3. The number of aromatic nitrogens is 3. The van der Waals surface area contributed by atoms with E-state index in [9.17, 15) is 9.59 Å². The number of nitrogens with zero attached hydrogens (tertiary/aromatic N) is 4. The highest BCUT2D eigenvalue weighted by Gasteiger charge is 2.45. The zero-order valence-corrected chi connectivity index (χ0v) is 24.7. The molecule has 2 aromatic heterocycles. The first-order valence-electron chi connectivity index (χ1n) is 12.9. The van der Waals surface area contributed by atoms with E-state index < -0.39 is 0 Å². The summed E-state index contributed by atoms with van der Waals surface area (Å²) in [5, 5.41) is 7.04. The molecule has 11 heteroatoms. The van der Waals surface area contributed by atoms with E-state index in [1.54, 1.807) is 16.8 Å². The van der Waals surface area contributed by atoms with E-state index in [-0.39, 0.29) is 29.9 Å². The van der Waals surface area contributed by atoms with Crippen molar-refractivity contribution in [2.75, 3.05) is 37.0 Å². The number of rotatable bonds is 7. The average molecular weight is 651 g/mol. The van der Waals surface area contributed by atoms with E-state index in [4.69, 9.17) is 21.3 Å². The third kappa shape index (κ3) is 5.42. The van der Waals surface area contributed by atoms with Gasteiger partial charge >= 0.3 is 0 Å². The highest BCUT2D eigenvalue weighted by atomic mass is 127. The Balaban J connectivity index is 1.39. The van der Waals surface area contributed by atoms with Gasteiger partial charge in [-0.2, -0.15) is 4.98 Å². The smallest absolute Gasteiger partial charge is 0.293 e. The maximum absolute atomic E-state index is 13.1. The van der Waals surface area contributed by atoms with Gasteiger partial charge in [0.2, 0.25) is 5.95 Å². The molecule has 1 aliphatic carbocycles. The topological polar surface area (TPSA) is 101 Å². The van der Waals surface area contributed by atoms with Gasteiger partial charge in [0, 0.05) is 46.6 Å². The molecule has 2 fully saturated rings. The van der Waals surface area contributed by atoms with Crippen LogP contribution in [0.25, 0.3) is 10.9 Å². The molecule has 0 unspecified atom stereocenters. The monoisotopic (exact) mass is 650 g/mol. The molecule has 2 N–H and O–H groups in total. The number of carbonyl (C=O) groups is 1. The van der Waals surface area contributed by atoms with Gasteiger partial charge in [-0.3, -0.25) is 9.59 Å². The Labute approximate surface area is 240 Å². The van der Waals surface area contributed by atoms with Crippen molar-refractivity contribution in [1.29, 1.82) is 0 Å². The van der Waals surface area contributed by atoms with Crippen molar-refractivity contribution in [2.24, 2.45) is 5.41 Å². The van der Waals surface area contributed by atoms with E-state index in [0.717, 1.165) is 33.6 Å². The molecule has 0 atom stereocenters. The Hall–Kier alpha value is -2.60. The molecule has 2 aliphatic rings. The van der Waals surface area contributed by atoms with Crippen LogP contribution in [0.3, 0.4) is 0 Å². The lowest BCUT2D eigenvalue weighted by atomic mass is 9.69. The molecule has 202 valence electrons. The summed E-state index contributed by atoms with van der Waals surface area (Å²) >= 11 is 9.05. The van der Waals surface area contributed by atoms with Crippen molar-refractivity contribution in [3.05, 3.63) is 45.8 Å². The van der Waals surface area contributed by atoms with Gasteiger partial charge in [0.05, 0.1) is 11.7 Å². The van der Waals surface area contributed by atoms with Crippen molar-refractivity contribution >= 4 is 68.5 Å². The van der Waals surface area contributed by atoms with Gasteiger partial charge in [0.1, 0.15) is 5.02 Å². The molecule has 1 aliphatic heterocycles. The number of benzene rings is 1. The number of fused-ring (bicyclic) bond motifs is 1. The third-order valence-corrected chi connectivity index (χ3v) is 8.98. The van der Waals surface area contributed by atoms with Gasteiger partial charge in [-0.05, 0) is 63.8 Å². The lowest BCUT2D eigenvalue weighted by molar-refractivity contribution is -0.122. The second kappa shape index (κ2) is 10.9. The van der Waals surface area contributed by atoms with Crippen LogP contribution in [0.1, 0.15) is 45.6 Å². The van der Waals surface area contributed by atoms with Gasteiger partial charge in [-0.1, -0.05) is 34.2 Å². The fourth-order valence-corrected chi connectivity index (χ4v) is 6.14. The summed E-state index contributed by atoms with van der Waals surface area (Å²) in [6.45, 7) is 5.61. The normalized spacial score (nSPS) is 17.1. The predicted octanol–water partition coefficient (Wildman–Crippen LogP) is 5.08. The number of nitrogens with one attached hydrogen (secondary N) is 2. The van der Waals surface area contributed by atoms with Crippen LogP contribution in [0.2, 0.25) is 5.02 Å². The van der Waals surface area contributed by atoms with Crippen LogP contribution in [-0.2, 0) is 4.79 Å². The number of ether oxygens (including phenoxy) is 1. The second-order valence-electron chi connectivity index (χ2n) is 10.5. The van der Waals surface area contributed by atoms with Crippen LogP contribution < -0.4 is 25.8 Å². The van der Waals surface area contributed by atoms with Crippen molar-refractivity contribution in [2.45, 2.75) is 49.5 Å². The lowest BCUT2D eigenvalue weighted by Crippen LogP contribution is -2.58. The van der Waals surface area contributed by atoms with Crippen molar-refractivity contribution < 1.29 is 9.53 Å². The Bertz CT molecular complexity index is 1410. The summed E-state index contributed by atoms with van der Waals surface area (Å²) in [4.78, 5) is 36.2. The number of amides is 1. The summed E-state index contributed by atoms with van der Waals surface area (Å²) in [7, 11) is 1.52. The first kappa shape index (κ1) is 27.0. The van der Waals surface area contributed by atoms with Gasteiger partial charge in [-0.25, -0.2) is 4.98 Å².